The fraction of sp³-hybridized carbons (Fsp3) is 0.933. The molecule has 6 heteroatoms. The van der Waals surface area contributed by atoms with Crippen molar-refractivity contribution in [3.05, 3.63) is 0 Å². The molecule has 0 radical (unpaired) electrons. The molecule has 0 aliphatic carbocycles. The molecule has 122 valence electrons. The number of carbonyl (C=O) groups is 1. The van der Waals surface area contributed by atoms with Gasteiger partial charge in [-0.15, -0.1) is 0 Å². The quantitative estimate of drug-likeness (QED) is 0.800. The largest absolute Gasteiger partial charge is 0.444 e. The Kier molecular flexibility index (Phi) is 5.11. The topological polar surface area (TPSA) is 71.0 Å². The smallest absolute Gasteiger partial charge is 0.410 e. The Morgan fingerprint density at radius 2 is 2.29 bits per heavy atom. The number of carbonyl (C=O) groups excluding carboxylic acids is 1. The second-order valence-corrected chi connectivity index (χ2v) is 7.13. The van der Waals surface area contributed by atoms with Crippen molar-refractivity contribution in [1.82, 2.24) is 10.2 Å². The fourth-order valence-electron chi connectivity index (χ4n) is 2.89. The Labute approximate surface area is 126 Å². The van der Waals surface area contributed by atoms with Crippen LogP contribution in [0, 0.1) is 0 Å². The summed E-state index contributed by atoms with van der Waals surface area (Å²) < 4.78 is 11.1. The normalized spacial score (nSPS) is 31.0. The van der Waals surface area contributed by atoms with E-state index >= 15 is 0 Å². The summed E-state index contributed by atoms with van der Waals surface area (Å²) >= 11 is 0. The van der Waals surface area contributed by atoms with Crippen LogP contribution in [-0.2, 0) is 9.47 Å². The zero-order chi connectivity index (χ0) is 15.5. The van der Waals surface area contributed by atoms with Gasteiger partial charge in [0.2, 0.25) is 0 Å². The first-order valence-corrected chi connectivity index (χ1v) is 7.80. The van der Waals surface area contributed by atoms with E-state index in [2.05, 4.69) is 5.32 Å². The number of ether oxygens (including phenoxy) is 2. The lowest BCUT2D eigenvalue weighted by atomic mass is 9.88. The van der Waals surface area contributed by atoms with Crippen molar-refractivity contribution in [2.45, 2.75) is 57.3 Å². The highest BCUT2D eigenvalue weighted by Crippen LogP contribution is 2.25. The summed E-state index contributed by atoms with van der Waals surface area (Å²) in [5, 5.41) is 13.8. The highest BCUT2D eigenvalue weighted by molar-refractivity contribution is 5.68. The Morgan fingerprint density at radius 1 is 1.52 bits per heavy atom. The Bertz CT molecular complexity index is 361. The molecule has 1 amide bonds. The van der Waals surface area contributed by atoms with E-state index in [1.165, 1.54) is 0 Å². The minimum absolute atomic E-state index is 0.129. The van der Waals surface area contributed by atoms with Crippen LogP contribution in [0.15, 0.2) is 0 Å². The van der Waals surface area contributed by atoms with Crippen LogP contribution in [0.4, 0.5) is 4.79 Å². The Morgan fingerprint density at radius 3 is 2.90 bits per heavy atom. The molecule has 0 aromatic carbocycles. The lowest BCUT2D eigenvalue weighted by Gasteiger charge is -2.39. The van der Waals surface area contributed by atoms with E-state index < -0.39 is 11.2 Å². The Hall–Kier alpha value is -0.850. The molecule has 2 saturated heterocycles. The van der Waals surface area contributed by atoms with Gasteiger partial charge in [0.05, 0.1) is 24.9 Å². The van der Waals surface area contributed by atoms with Crippen LogP contribution >= 0.6 is 0 Å². The van der Waals surface area contributed by atoms with Gasteiger partial charge in [-0.25, -0.2) is 4.79 Å². The standard InChI is InChI=1S/C15H28N2O4/c1-14(2,3)21-13(18)17-7-8-20-12(10-17)9-15(19)5-4-6-16-11-15/h12,16,19H,4-11H2,1-3H3. The fourth-order valence-corrected chi connectivity index (χ4v) is 2.89. The number of amides is 1. The van der Waals surface area contributed by atoms with Crippen LogP contribution in [0.1, 0.15) is 40.0 Å². The highest BCUT2D eigenvalue weighted by atomic mass is 16.6. The van der Waals surface area contributed by atoms with Gasteiger partial charge < -0.3 is 24.8 Å². The monoisotopic (exact) mass is 300 g/mol. The number of morpholine rings is 1. The van der Waals surface area contributed by atoms with E-state index in [4.69, 9.17) is 9.47 Å². The van der Waals surface area contributed by atoms with E-state index in [9.17, 15) is 9.90 Å². The molecule has 2 aliphatic heterocycles. The van der Waals surface area contributed by atoms with Crippen LogP contribution in [0.3, 0.4) is 0 Å². The van der Waals surface area contributed by atoms with Crippen molar-refractivity contribution in [3.63, 3.8) is 0 Å². The maximum absolute atomic E-state index is 12.1. The van der Waals surface area contributed by atoms with Gasteiger partial charge in [-0.2, -0.15) is 0 Å². The van der Waals surface area contributed by atoms with E-state index in [0.717, 1.165) is 19.4 Å². The average Bonchev–Trinajstić information content (AvgIpc) is 2.37. The van der Waals surface area contributed by atoms with Crippen molar-refractivity contribution in [3.8, 4) is 0 Å². The first-order chi connectivity index (χ1) is 9.77. The minimum atomic E-state index is -0.722. The zero-order valence-corrected chi connectivity index (χ0v) is 13.4. The summed E-state index contributed by atoms with van der Waals surface area (Å²) in [5.41, 5.74) is -1.21. The molecule has 0 aromatic rings. The van der Waals surface area contributed by atoms with Gasteiger partial charge in [-0.3, -0.25) is 0 Å². The third kappa shape index (κ3) is 5.13. The van der Waals surface area contributed by atoms with E-state index in [1.54, 1.807) is 4.90 Å². The number of rotatable bonds is 2. The lowest BCUT2D eigenvalue weighted by molar-refractivity contribution is -0.0862. The van der Waals surface area contributed by atoms with Gasteiger partial charge in [-0.05, 0) is 40.2 Å². The third-order valence-electron chi connectivity index (χ3n) is 3.85. The van der Waals surface area contributed by atoms with Crippen LogP contribution in [0.2, 0.25) is 0 Å². The van der Waals surface area contributed by atoms with Crippen LogP contribution in [0.25, 0.3) is 0 Å². The Balaban J connectivity index is 1.87. The van der Waals surface area contributed by atoms with Crippen molar-refractivity contribution in [2.24, 2.45) is 0 Å². The maximum Gasteiger partial charge on any atom is 0.410 e. The van der Waals surface area contributed by atoms with Gasteiger partial charge in [-0.1, -0.05) is 0 Å². The molecule has 2 heterocycles. The van der Waals surface area contributed by atoms with Crippen molar-refractivity contribution in [1.29, 1.82) is 0 Å². The molecule has 2 rings (SSSR count). The summed E-state index contributed by atoms with van der Waals surface area (Å²) in [4.78, 5) is 13.8. The summed E-state index contributed by atoms with van der Waals surface area (Å²) in [6.07, 6.45) is 1.88. The number of nitrogens with one attached hydrogen (secondary N) is 1. The van der Waals surface area contributed by atoms with Crippen molar-refractivity contribution in [2.75, 3.05) is 32.8 Å². The molecular weight excluding hydrogens is 272 g/mol. The zero-order valence-electron chi connectivity index (χ0n) is 13.4. The van der Waals surface area contributed by atoms with Crippen LogP contribution < -0.4 is 5.32 Å². The average molecular weight is 300 g/mol. The number of hydrogen-bond donors (Lipinski definition) is 2. The molecule has 0 aromatic heterocycles. The van der Waals surface area contributed by atoms with E-state index in [1.807, 2.05) is 20.8 Å². The minimum Gasteiger partial charge on any atom is -0.444 e. The molecule has 2 unspecified atom stereocenters. The van der Waals surface area contributed by atoms with Gasteiger partial charge >= 0.3 is 6.09 Å². The predicted octanol–water partition coefficient (Wildman–Crippen LogP) is 1.13. The predicted molar refractivity (Wildman–Crippen MR) is 79.2 cm³/mol. The third-order valence-corrected chi connectivity index (χ3v) is 3.85. The van der Waals surface area contributed by atoms with Gasteiger partial charge in [0.25, 0.3) is 0 Å². The SMILES string of the molecule is CC(C)(C)OC(=O)N1CCOC(CC2(O)CCCNC2)C1. The molecule has 2 N–H and O–H groups in total. The van der Waals surface area contributed by atoms with E-state index in [0.29, 0.717) is 32.7 Å². The molecule has 6 nitrogen and oxygen atoms in total. The summed E-state index contributed by atoms with van der Waals surface area (Å²) in [6, 6.07) is 0. The van der Waals surface area contributed by atoms with Crippen molar-refractivity contribution < 1.29 is 19.4 Å². The number of aliphatic hydroxyl groups is 1. The number of nitrogens with zero attached hydrogens (tertiary/aromatic N) is 1. The number of hydrogen-bond acceptors (Lipinski definition) is 5. The molecule has 0 saturated carbocycles. The van der Waals surface area contributed by atoms with Crippen LogP contribution in [0.5, 0.6) is 0 Å². The molecule has 2 aliphatic rings. The second-order valence-electron chi connectivity index (χ2n) is 7.13. The number of β-amino-alcohol motifs (C(OH)–C–C–N with tert-alkyl or cyclic N) is 1. The molecule has 0 bridgehead atoms. The molecule has 0 spiro atoms. The molecular formula is C15H28N2O4. The summed E-state index contributed by atoms with van der Waals surface area (Å²) in [7, 11) is 0. The first kappa shape index (κ1) is 16.5. The van der Waals surface area contributed by atoms with Gasteiger partial charge in [0.15, 0.2) is 0 Å². The second kappa shape index (κ2) is 6.50. The molecule has 2 fully saturated rings. The first-order valence-electron chi connectivity index (χ1n) is 7.80. The van der Waals surface area contributed by atoms with Crippen LogP contribution in [-0.4, -0.2) is 66.2 Å². The molecule has 2 atom stereocenters. The number of piperidine rings is 1. The highest BCUT2D eigenvalue weighted by Gasteiger charge is 2.36. The summed E-state index contributed by atoms with van der Waals surface area (Å²) in [5.74, 6) is 0. The maximum atomic E-state index is 12.1. The molecule has 21 heavy (non-hydrogen) atoms. The van der Waals surface area contributed by atoms with Crippen molar-refractivity contribution >= 4 is 6.09 Å². The van der Waals surface area contributed by atoms with E-state index in [-0.39, 0.29) is 12.2 Å². The summed E-state index contributed by atoms with van der Waals surface area (Å²) in [6.45, 7) is 8.65. The van der Waals surface area contributed by atoms with Gasteiger partial charge in [0.1, 0.15) is 5.60 Å². The van der Waals surface area contributed by atoms with Gasteiger partial charge in [0, 0.05) is 19.5 Å². The lowest BCUT2D eigenvalue weighted by Crippen LogP contribution is -2.53.